The van der Waals surface area contributed by atoms with Crippen molar-refractivity contribution in [2.75, 3.05) is 6.54 Å². The van der Waals surface area contributed by atoms with Crippen LogP contribution in [0.3, 0.4) is 0 Å². The molecule has 5 atom stereocenters. The molecule has 1 saturated heterocycles. The van der Waals surface area contributed by atoms with Crippen molar-refractivity contribution in [2.24, 2.45) is 11.8 Å². The summed E-state index contributed by atoms with van der Waals surface area (Å²) in [6, 6.07) is 0. The maximum Gasteiger partial charge on any atom is 0.325 e. The molecule has 0 aromatic heterocycles. The standard InChI is InChI=1S/C12H15NO6S/c1-2-9(14)13-5-10(15)18-11-6-3-7-8(4-6)20(16,17)19-12(7)11/h2,6-8,11-12H,1,3-5H2,(H,13,14). The van der Waals surface area contributed by atoms with E-state index in [1.165, 1.54) is 0 Å². The van der Waals surface area contributed by atoms with Gasteiger partial charge in [0.15, 0.2) is 0 Å². The molecule has 3 rings (SSSR count). The molecule has 0 radical (unpaired) electrons. The zero-order chi connectivity index (χ0) is 14.5. The van der Waals surface area contributed by atoms with Gasteiger partial charge in [0.05, 0.1) is 5.25 Å². The molecule has 2 aliphatic carbocycles. The lowest BCUT2D eigenvalue weighted by Crippen LogP contribution is -2.39. The van der Waals surface area contributed by atoms with Crippen molar-refractivity contribution in [1.82, 2.24) is 5.32 Å². The quantitative estimate of drug-likeness (QED) is 0.420. The summed E-state index contributed by atoms with van der Waals surface area (Å²) in [6.45, 7) is 3.01. The minimum absolute atomic E-state index is 0.0336. The van der Waals surface area contributed by atoms with Crippen molar-refractivity contribution < 1.29 is 26.9 Å². The van der Waals surface area contributed by atoms with Gasteiger partial charge in [0.25, 0.3) is 10.1 Å². The van der Waals surface area contributed by atoms with E-state index in [9.17, 15) is 18.0 Å². The average molecular weight is 301 g/mol. The van der Waals surface area contributed by atoms with Gasteiger partial charge in [-0.25, -0.2) is 0 Å². The summed E-state index contributed by atoms with van der Waals surface area (Å²) in [5.74, 6) is -1.09. The van der Waals surface area contributed by atoms with Crippen molar-refractivity contribution >= 4 is 22.0 Å². The maximum atomic E-state index is 11.7. The second kappa shape index (κ2) is 4.56. The zero-order valence-corrected chi connectivity index (χ0v) is 11.5. The first-order valence-corrected chi connectivity index (χ1v) is 7.91. The van der Waals surface area contributed by atoms with Crippen LogP contribution in [0.4, 0.5) is 0 Å². The molecule has 8 heteroatoms. The van der Waals surface area contributed by atoms with Crippen LogP contribution in [0.5, 0.6) is 0 Å². The van der Waals surface area contributed by atoms with E-state index in [4.69, 9.17) is 8.92 Å². The van der Waals surface area contributed by atoms with Crippen molar-refractivity contribution in [1.29, 1.82) is 0 Å². The zero-order valence-electron chi connectivity index (χ0n) is 10.7. The van der Waals surface area contributed by atoms with Crippen LogP contribution >= 0.6 is 0 Å². The van der Waals surface area contributed by atoms with Gasteiger partial charge in [-0.05, 0) is 18.9 Å². The third-order valence-corrected chi connectivity index (χ3v) is 6.05. The van der Waals surface area contributed by atoms with Gasteiger partial charge in [0, 0.05) is 11.8 Å². The highest BCUT2D eigenvalue weighted by Gasteiger charge is 2.65. The Morgan fingerprint density at radius 2 is 2.15 bits per heavy atom. The maximum absolute atomic E-state index is 11.7. The first-order valence-electron chi connectivity index (χ1n) is 6.44. The Bertz CT molecular complexity index is 570. The van der Waals surface area contributed by atoms with Crippen molar-refractivity contribution in [3.8, 4) is 0 Å². The molecule has 0 aromatic carbocycles. The predicted molar refractivity (Wildman–Crippen MR) is 66.9 cm³/mol. The van der Waals surface area contributed by atoms with E-state index in [-0.39, 0.29) is 18.4 Å². The van der Waals surface area contributed by atoms with E-state index >= 15 is 0 Å². The molecule has 0 spiro atoms. The predicted octanol–water partition coefficient (Wildman–Crippen LogP) is -0.663. The molecule has 3 fully saturated rings. The van der Waals surface area contributed by atoms with Crippen LogP contribution in [0.15, 0.2) is 12.7 Å². The summed E-state index contributed by atoms with van der Waals surface area (Å²) >= 11 is 0. The van der Waals surface area contributed by atoms with Gasteiger partial charge in [-0.3, -0.25) is 13.8 Å². The van der Waals surface area contributed by atoms with Crippen molar-refractivity contribution in [3.63, 3.8) is 0 Å². The smallest absolute Gasteiger partial charge is 0.325 e. The van der Waals surface area contributed by atoms with Gasteiger partial charge in [0.2, 0.25) is 5.91 Å². The Balaban J connectivity index is 1.62. The molecule has 2 saturated carbocycles. The summed E-state index contributed by atoms with van der Waals surface area (Å²) in [7, 11) is -3.50. The van der Waals surface area contributed by atoms with Gasteiger partial charge in [-0.1, -0.05) is 6.58 Å². The van der Waals surface area contributed by atoms with Crippen LogP contribution in [0.25, 0.3) is 0 Å². The number of hydrogen-bond donors (Lipinski definition) is 1. The molecule has 1 aliphatic heterocycles. The highest BCUT2D eigenvalue weighted by atomic mass is 32.2. The minimum atomic E-state index is -3.50. The van der Waals surface area contributed by atoms with Crippen LogP contribution in [-0.4, -0.2) is 44.3 Å². The highest BCUT2D eigenvalue weighted by Crippen LogP contribution is 2.55. The highest BCUT2D eigenvalue weighted by molar-refractivity contribution is 7.87. The van der Waals surface area contributed by atoms with Crippen LogP contribution in [0, 0.1) is 11.8 Å². The second-order valence-corrected chi connectivity index (χ2v) is 7.15. The van der Waals surface area contributed by atoms with Gasteiger partial charge in [0.1, 0.15) is 18.8 Å². The molecule has 2 bridgehead atoms. The summed E-state index contributed by atoms with van der Waals surface area (Å²) in [6.07, 6.45) is 1.18. The Morgan fingerprint density at radius 1 is 1.40 bits per heavy atom. The molecule has 1 heterocycles. The lowest BCUT2D eigenvalue weighted by molar-refractivity contribution is -0.155. The fraction of sp³-hybridized carbons (Fsp3) is 0.667. The van der Waals surface area contributed by atoms with Crippen LogP contribution < -0.4 is 5.32 Å². The third kappa shape index (κ3) is 2.03. The Hall–Kier alpha value is -1.41. The molecule has 110 valence electrons. The van der Waals surface area contributed by atoms with Gasteiger partial charge in [-0.15, -0.1) is 0 Å². The van der Waals surface area contributed by atoms with Crippen LogP contribution in [0.2, 0.25) is 0 Å². The first kappa shape index (κ1) is 13.6. The molecule has 1 N–H and O–H groups in total. The first-order chi connectivity index (χ1) is 9.42. The topological polar surface area (TPSA) is 98.8 Å². The minimum Gasteiger partial charge on any atom is -0.458 e. The van der Waals surface area contributed by atoms with Gasteiger partial charge in [-0.2, -0.15) is 8.42 Å². The molecular weight excluding hydrogens is 286 g/mol. The monoisotopic (exact) mass is 301 g/mol. The fourth-order valence-corrected chi connectivity index (χ4v) is 5.35. The molecule has 5 unspecified atom stereocenters. The fourth-order valence-electron chi connectivity index (χ4n) is 3.47. The molecule has 3 aliphatic rings. The molecule has 7 nitrogen and oxygen atoms in total. The number of ether oxygens (including phenoxy) is 1. The normalized spacial score (nSPS) is 39.5. The van der Waals surface area contributed by atoms with E-state index in [0.29, 0.717) is 12.8 Å². The molecule has 20 heavy (non-hydrogen) atoms. The number of hydrogen-bond acceptors (Lipinski definition) is 6. The van der Waals surface area contributed by atoms with E-state index < -0.39 is 39.5 Å². The molecule has 1 amide bonds. The van der Waals surface area contributed by atoms with Crippen LogP contribution in [-0.2, 0) is 28.6 Å². The number of fused-ring (bicyclic) bond motifs is 1. The summed E-state index contributed by atoms with van der Waals surface area (Å²) in [4.78, 5) is 22.6. The van der Waals surface area contributed by atoms with E-state index in [1.54, 1.807) is 0 Å². The largest absolute Gasteiger partial charge is 0.458 e. The van der Waals surface area contributed by atoms with E-state index in [1.807, 2.05) is 0 Å². The number of esters is 1. The molecular formula is C12H15NO6S. The number of rotatable bonds is 4. The van der Waals surface area contributed by atoms with Gasteiger partial charge >= 0.3 is 5.97 Å². The number of carbonyl (C=O) groups excluding carboxylic acids is 2. The summed E-state index contributed by atoms with van der Waals surface area (Å²) in [5.41, 5.74) is 0. The van der Waals surface area contributed by atoms with Crippen molar-refractivity contribution in [3.05, 3.63) is 12.7 Å². The summed E-state index contributed by atoms with van der Waals surface area (Å²) in [5, 5.41) is 1.88. The SMILES string of the molecule is C=CC(=O)NCC(=O)OC1C2CC3C1OS(=O)(=O)C3C2. The Labute approximate surface area is 116 Å². The van der Waals surface area contributed by atoms with Gasteiger partial charge < -0.3 is 10.1 Å². The second-order valence-electron chi connectivity index (χ2n) is 5.36. The molecule has 0 aromatic rings. The Morgan fingerprint density at radius 3 is 2.85 bits per heavy atom. The average Bonchev–Trinajstić information content (AvgIpc) is 3.00. The van der Waals surface area contributed by atoms with E-state index in [2.05, 4.69) is 11.9 Å². The van der Waals surface area contributed by atoms with Crippen molar-refractivity contribution in [2.45, 2.75) is 30.3 Å². The van der Waals surface area contributed by atoms with E-state index in [0.717, 1.165) is 6.08 Å². The third-order valence-electron chi connectivity index (χ3n) is 4.27. The lowest BCUT2D eigenvalue weighted by atomic mass is 9.94. The summed E-state index contributed by atoms with van der Waals surface area (Å²) < 4.78 is 33.8. The number of nitrogens with one attached hydrogen (secondary N) is 1. The Kier molecular flexibility index (Phi) is 3.09. The lowest BCUT2D eigenvalue weighted by Gasteiger charge is -2.24. The number of carbonyl (C=O) groups is 2. The number of amides is 1. The van der Waals surface area contributed by atoms with Crippen LogP contribution in [0.1, 0.15) is 12.8 Å².